The summed E-state index contributed by atoms with van der Waals surface area (Å²) in [5.41, 5.74) is 0. The number of allylic oxidation sites excluding steroid dienone is 2. The van der Waals surface area contributed by atoms with E-state index in [2.05, 4.69) is 12.2 Å². The summed E-state index contributed by atoms with van der Waals surface area (Å²) in [7, 11) is 0. The lowest BCUT2D eigenvalue weighted by Gasteiger charge is -2.27. The lowest BCUT2D eigenvalue weighted by molar-refractivity contribution is 0.00135. The maximum absolute atomic E-state index is 5.56. The zero-order chi connectivity index (χ0) is 9.68. The van der Waals surface area contributed by atoms with Crippen molar-refractivity contribution in [3.63, 3.8) is 0 Å². The maximum Gasteiger partial charge on any atom is 0.157 e. The minimum absolute atomic E-state index is 0.205. The molecule has 0 amide bonds. The lowest BCUT2D eigenvalue weighted by Crippen LogP contribution is -2.23. The van der Waals surface area contributed by atoms with Crippen molar-refractivity contribution in [2.24, 2.45) is 0 Å². The zero-order valence-corrected chi connectivity index (χ0v) is 8.67. The third kappa shape index (κ3) is 2.51. The zero-order valence-electron chi connectivity index (χ0n) is 8.67. The van der Waals surface area contributed by atoms with Gasteiger partial charge in [0.2, 0.25) is 0 Å². The minimum atomic E-state index is 0.205. The summed E-state index contributed by atoms with van der Waals surface area (Å²) in [5, 5.41) is 0. The van der Waals surface area contributed by atoms with Crippen molar-refractivity contribution in [1.29, 1.82) is 0 Å². The fraction of sp³-hybridized carbons (Fsp3) is 0.636. The van der Waals surface area contributed by atoms with Gasteiger partial charge in [-0.2, -0.15) is 0 Å². The molecule has 74 valence electrons. The van der Waals surface area contributed by atoms with Crippen molar-refractivity contribution in [1.82, 2.24) is 0 Å². The molecule has 1 unspecified atom stereocenters. The molecule has 2 heteroatoms. The van der Waals surface area contributed by atoms with Crippen molar-refractivity contribution in [2.45, 2.75) is 39.7 Å². The van der Waals surface area contributed by atoms with Gasteiger partial charge in [0.05, 0.1) is 0 Å². The second kappa shape index (κ2) is 4.95. The van der Waals surface area contributed by atoms with Crippen LogP contribution in [-0.4, -0.2) is 12.7 Å². The van der Waals surface area contributed by atoms with E-state index < -0.39 is 0 Å². The van der Waals surface area contributed by atoms with Crippen LogP contribution in [0.2, 0.25) is 0 Å². The van der Waals surface area contributed by atoms with Gasteiger partial charge in [0, 0.05) is 0 Å². The summed E-state index contributed by atoms with van der Waals surface area (Å²) in [4.78, 5) is 0. The van der Waals surface area contributed by atoms with Crippen LogP contribution < -0.4 is 0 Å². The first-order valence-electron chi connectivity index (χ1n) is 5.06. The Balaban J connectivity index is 0.000000396. The Kier molecular flexibility index (Phi) is 3.87. The molecule has 0 N–H and O–H groups in total. The highest BCUT2D eigenvalue weighted by Crippen LogP contribution is 2.26. The average Bonchev–Trinajstić information content (AvgIpc) is 2.21. The van der Waals surface area contributed by atoms with Crippen LogP contribution in [0.4, 0.5) is 0 Å². The summed E-state index contributed by atoms with van der Waals surface area (Å²) < 4.78 is 11.0. The highest BCUT2D eigenvalue weighted by atomic mass is 16.6. The fourth-order valence-electron chi connectivity index (χ4n) is 1.32. The van der Waals surface area contributed by atoms with Crippen LogP contribution in [-0.2, 0) is 9.47 Å². The van der Waals surface area contributed by atoms with Gasteiger partial charge in [-0.25, -0.2) is 0 Å². The molecule has 0 saturated carbocycles. The van der Waals surface area contributed by atoms with E-state index in [0.29, 0.717) is 6.61 Å². The fourth-order valence-corrected chi connectivity index (χ4v) is 1.32. The summed E-state index contributed by atoms with van der Waals surface area (Å²) in [5.74, 6) is 1.88. The van der Waals surface area contributed by atoms with E-state index in [9.17, 15) is 0 Å². The molecule has 1 fully saturated rings. The minimum Gasteiger partial charge on any atom is -0.486 e. The molecule has 2 nitrogen and oxygen atoms in total. The average molecular weight is 182 g/mol. The van der Waals surface area contributed by atoms with Crippen molar-refractivity contribution in [3.05, 3.63) is 23.7 Å². The third-order valence-corrected chi connectivity index (χ3v) is 1.87. The van der Waals surface area contributed by atoms with Gasteiger partial charge in [0.25, 0.3) is 0 Å². The Morgan fingerprint density at radius 1 is 1.15 bits per heavy atom. The van der Waals surface area contributed by atoms with E-state index in [0.717, 1.165) is 24.4 Å². The highest BCUT2D eigenvalue weighted by molar-refractivity contribution is 5.25. The number of rotatable bonds is 0. The quantitative estimate of drug-likeness (QED) is 0.573. The number of hydrogen-bond donors (Lipinski definition) is 0. The molecule has 1 atom stereocenters. The summed E-state index contributed by atoms with van der Waals surface area (Å²) >= 11 is 0. The van der Waals surface area contributed by atoms with Crippen molar-refractivity contribution in [2.75, 3.05) is 6.61 Å². The molecule has 13 heavy (non-hydrogen) atoms. The van der Waals surface area contributed by atoms with E-state index >= 15 is 0 Å². The van der Waals surface area contributed by atoms with E-state index in [-0.39, 0.29) is 6.10 Å². The summed E-state index contributed by atoms with van der Waals surface area (Å²) in [6, 6.07) is 0. The smallest absolute Gasteiger partial charge is 0.157 e. The highest BCUT2D eigenvalue weighted by Gasteiger charge is 2.20. The second-order valence-corrected chi connectivity index (χ2v) is 2.95. The van der Waals surface area contributed by atoms with E-state index in [1.165, 1.54) is 0 Å². The molecule has 1 aliphatic carbocycles. The Labute approximate surface area is 80.2 Å². The van der Waals surface area contributed by atoms with Crippen LogP contribution in [0.25, 0.3) is 0 Å². The Morgan fingerprint density at radius 2 is 1.77 bits per heavy atom. The molecule has 1 heterocycles. The Hall–Kier alpha value is -0.920. The molecule has 0 aromatic rings. The van der Waals surface area contributed by atoms with Crippen LogP contribution >= 0.6 is 0 Å². The van der Waals surface area contributed by atoms with Crippen molar-refractivity contribution >= 4 is 0 Å². The third-order valence-electron chi connectivity index (χ3n) is 1.87. The van der Waals surface area contributed by atoms with Gasteiger partial charge < -0.3 is 9.47 Å². The summed E-state index contributed by atoms with van der Waals surface area (Å²) in [6.07, 6.45) is 6.56. The van der Waals surface area contributed by atoms with Gasteiger partial charge in [0.1, 0.15) is 12.7 Å². The van der Waals surface area contributed by atoms with E-state index in [1.807, 2.05) is 20.8 Å². The van der Waals surface area contributed by atoms with Crippen LogP contribution in [0.1, 0.15) is 33.6 Å². The second-order valence-electron chi connectivity index (χ2n) is 2.95. The molecule has 0 aromatic carbocycles. The SMILES string of the molecule is CC.CC1COC2=CCCC=C2O1. The Morgan fingerprint density at radius 3 is 2.46 bits per heavy atom. The Bertz CT molecular complexity index is 216. The molecule has 1 saturated heterocycles. The van der Waals surface area contributed by atoms with Crippen LogP contribution in [0.15, 0.2) is 23.7 Å². The van der Waals surface area contributed by atoms with Gasteiger partial charge in [-0.3, -0.25) is 0 Å². The van der Waals surface area contributed by atoms with E-state index in [1.54, 1.807) is 0 Å². The van der Waals surface area contributed by atoms with Gasteiger partial charge >= 0.3 is 0 Å². The standard InChI is InChI=1S/C9H12O2.C2H6/c1-7-6-10-8-4-2-3-5-9(8)11-7;1-2/h4-5,7H,2-3,6H2,1H3;1-2H3. The summed E-state index contributed by atoms with van der Waals surface area (Å²) in [6.45, 7) is 6.70. The molecule has 2 rings (SSSR count). The first kappa shape index (κ1) is 10.2. The van der Waals surface area contributed by atoms with Crippen molar-refractivity contribution < 1.29 is 9.47 Å². The topological polar surface area (TPSA) is 18.5 Å². The predicted octanol–water partition coefficient (Wildman–Crippen LogP) is 3.01. The number of fused-ring (bicyclic) bond motifs is 1. The van der Waals surface area contributed by atoms with Crippen LogP contribution in [0.5, 0.6) is 0 Å². The molecule has 1 aliphatic heterocycles. The maximum atomic E-state index is 5.56. The van der Waals surface area contributed by atoms with Crippen molar-refractivity contribution in [3.8, 4) is 0 Å². The molecular weight excluding hydrogens is 164 g/mol. The molecule has 0 bridgehead atoms. The first-order chi connectivity index (χ1) is 6.36. The predicted molar refractivity (Wildman–Crippen MR) is 53.2 cm³/mol. The number of ether oxygens (including phenoxy) is 2. The molecular formula is C11H18O2. The normalized spacial score (nSPS) is 25.0. The van der Waals surface area contributed by atoms with Gasteiger partial charge in [-0.1, -0.05) is 13.8 Å². The number of hydrogen-bond acceptors (Lipinski definition) is 2. The van der Waals surface area contributed by atoms with Crippen LogP contribution in [0.3, 0.4) is 0 Å². The van der Waals surface area contributed by atoms with Gasteiger partial charge in [0.15, 0.2) is 11.5 Å². The molecule has 0 radical (unpaired) electrons. The molecule has 2 aliphatic rings. The van der Waals surface area contributed by atoms with Gasteiger partial charge in [-0.05, 0) is 31.9 Å². The first-order valence-corrected chi connectivity index (χ1v) is 5.06. The van der Waals surface area contributed by atoms with Crippen LogP contribution in [0, 0.1) is 0 Å². The van der Waals surface area contributed by atoms with Gasteiger partial charge in [-0.15, -0.1) is 0 Å². The lowest BCUT2D eigenvalue weighted by atomic mass is 10.1. The monoisotopic (exact) mass is 182 g/mol. The van der Waals surface area contributed by atoms with E-state index in [4.69, 9.17) is 9.47 Å². The molecule has 0 spiro atoms. The molecule has 0 aromatic heterocycles. The largest absolute Gasteiger partial charge is 0.486 e.